The van der Waals surface area contributed by atoms with Crippen molar-refractivity contribution < 1.29 is 0 Å². The van der Waals surface area contributed by atoms with Crippen molar-refractivity contribution in [3.05, 3.63) is 16.4 Å². The van der Waals surface area contributed by atoms with Crippen molar-refractivity contribution in [1.29, 1.82) is 0 Å². The van der Waals surface area contributed by atoms with E-state index in [2.05, 4.69) is 18.9 Å². The molecule has 4 heteroatoms. The highest BCUT2D eigenvalue weighted by atomic mass is 35.5. The lowest BCUT2D eigenvalue weighted by Gasteiger charge is -2.11. The lowest BCUT2D eigenvalue weighted by Crippen LogP contribution is -2.09. The van der Waals surface area contributed by atoms with Crippen LogP contribution in [0.5, 0.6) is 0 Å². The molecule has 1 aromatic rings. The summed E-state index contributed by atoms with van der Waals surface area (Å²) in [7, 11) is 0. The van der Waals surface area contributed by atoms with Gasteiger partial charge in [-0.15, -0.1) is 11.6 Å². The first-order valence-electron chi connectivity index (χ1n) is 5.50. The average molecular weight is 247 g/mol. The minimum Gasteiger partial charge on any atom is -0.250 e. The molecule has 1 aliphatic rings. The Hall–Kier alpha value is -0.210. The maximum absolute atomic E-state index is 6.29. The van der Waals surface area contributed by atoms with Gasteiger partial charge in [-0.1, -0.05) is 18.5 Å². The van der Waals surface area contributed by atoms with E-state index >= 15 is 0 Å². The zero-order chi connectivity index (χ0) is 11.0. The van der Waals surface area contributed by atoms with Gasteiger partial charge in [0.25, 0.3) is 0 Å². The molecule has 1 aliphatic carbocycles. The molecule has 0 saturated heterocycles. The van der Waals surface area contributed by atoms with Gasteiger partial charge in [-0.25, -0.2) is 0 Å². The molecule has 0 N–H and O–H groups in total. The predicted molar refractivity (Wildman–Crippen MR) is 63.6 cm³/mol. The molecule has 15 heavy (non-hydrogen) atoms. The molecule has 0 amide bonds. The van der Waals surface area contributed by atoms with Crippen LogP contribution in [0.3, 0.4) is 0 Å². The van der Waals surface area contributed by atoms with Crippen LogP contribution in [0.15, 0.2) is 0 Å². The Balaban J connectivity index is 2.34. The SMILES string of the molecule is CCc1nn(C(C)C2CC2)c(Cl)c1CCl. The highest BCUT2D eigenvalue weighted by molar-refractivity contribution is 6.31. The van der Waals surface area contributed by atoms with Crippen LogP contribution in [0.25, 0.3) is 0 Å². The Morgan fingerprint density at radius 1 is 1.53 bits per heavy atom. The third kappa shape index (κ3) is 2.02. The van der Waals surface area contributed by atoms with Crippen LogP contribution in [-0.4, -0.2) is 9.78 Å². The first-order chi connectivity index (χ1) is 7.19. The van der Waals surface area contributed by atoms with Gasteiger partial charge in [0.1, 0.15) is 5.15 Å². The summed E-state index contributed by atoms with van der Waals surface area (Å²) < 4.78 is 1.95. The predicted octanol–water partition coefficient (Wildman–Crippen LogP) is 3.81. The lowest BCUT2D eigenvalue weighted by molar-refractivity contribution is 0.437. The lowest BCUT2D eigenvalue weighted by atomic mass is 10.2. The zero-order valence-electron chi connectivity index (χ0n) is 9.13. The first kappa shape index (κ1) is 11.3. The second kappa shape index (κ2) is 4.34. The summed E-state index contributed by atoms with van der Waals surface area (Å²) in [5, 5.41) is 5.30. The van der Waals surface area contributed by atoms with Crippen molar-refractivity contribution in [1.82, 2.24) is 9.78 Å². The topological polar surface area (TPSA) is 17.8 Å². The molecule has 1 atom stereocenters. The van der Waals surface area contributed by atoms with Gasteiger partial charge < -0.3 is 0 Å². The number of halogens is 2. The van der Waals surface area contributed by atoms with E-state index in [-0.39, 0.29) is 0 Å². The number of alkyl halides is 1. The van der Waals surface area contributed by atoms with Crippen molar-refractivity contribution in [2.75, 3.05) is 0 Å². The fourth-order valence-corrected chi connectivity index (χ4v) is 2.67. The molecule has 2 nitrogen and oxygen atoms in total. The second-order valence-corrected chi connectivity index (χ2v) is 4.85. The van der Waals surface area contributed by atoms with E-state index in [1.807, 2.05) is 4.68 Å². The minimum absolute atomic E-state index is 0.416. The molecular formula is C11H16Cl2N2. The van der Waals surface area contributed by atoms with Gasteiger partial charge in [-0.05, 0) is 32.1 Å². The van der Waals surface area contributed by atoms with Crippen molar-refractivity contribution in [3.63, 3.8) is 0 Å². The van der Waals surface area contributed by atoms with E-state index in [1.54, 1.807) is 0 Å². The summed E-state index contributed by atoms with van der Waals surface area (Å²) in [6.07, 6.45) is 3.50. The second-order valence-electron chi connectivity index (χ2n) is 4.23. The number of hydrogen-bond donors (Lipinski definition) is 0. The summed E-state index contributed by atoms with van der Waals surface area (Å²) >= 11 is 12.2. The van der Waals surface area contributed by atoms with Crippen molar-refractivity contribution in [2.45, 2.75) is 45.0 Å². The van der Waals surface area contributed by atoms with Crippen molar-refractivity contribution in [3.8, 4) is 0 Å². The number of aryl methyl sites for hydroxylation is 1. The Kier molecular flexibility index (Phi) is 3.27. The fraction of sp³-hybridized carbons (Fsp3) is 0.727. The summed E-state index contributed by atoms with van der Waals surface area (Å²) in [5.41, 5.74) is 2.05. The molecule has 1 unspecified atom stereocenters. The van der Waals surface area contributed by atoms with Gasteiger partial charge in [0.15, 0.2) is 0 Å². The Labute approximate surface area is 101 Å². The van der Waals surface area contributed by atoms with Crippen LogP contribution in [0.2, 0.25) is 5.15 Å². The number of hydrogen-bond acceptors (Lipinski definition) is 1. The van der Waals surface area contributed by atoms with E-state index in [4.69, 9.17) is 23.2 Å². The Bertz CT molecular complexity index is 356. The summed E-state index contributed by atoms with van der Waals surface area (Å²) in [4.78, 5) is 0. The maximum atomic E-state index is 6.29. The van der Waals surface area contributed by atoms with E-state index in [0.717, 1.165) is 28.7 Å². The van der Waals surface area contributed by atoms with Gasteiger partial charge in [0.05, 0.1) is 17.6 Å². The van der Waals surface area contributed by atoms with Gasteiger partial charge in [0.2, 0.25) is 0 Å². The Morgan fingerprint density at radius 3 is 2.60 bits per heavy atom. The molecule has 1 aromatic heterocycles. The van der Waals surface area contributed by atoms with E-state index < -0.39 is 0 Å². The smallest absolute Gasteiger partial charge is 0.132 e. The standard InChI is InChI=1S/C11H16Cl2N2/c1-3-10-9(6-12)11(13)15(14-10)7(2)8-4-5-8/h7-8H,3-6H2,1-2H3. The summed E-state index contributed by atoms with van der Waals surface area (Å²) in [6, 6.07) is 0.416. The summed E-state index contributed by atoms with van der Waals surface area (Å²) in [6.45, 7) is 4.27. The molecule has 1 saturated carbocycles. The van der Waals surface area contributed by atoms with Crippen LogP contribution < -0.4 is 0 Å². The molecule has 0 aromatic carbocycles. The molecule has 1 heterocycles. The van der Waals surface area contributed by atoms with Crippen molar-refractivity contribution >= 4 is 23.2 Å². The third-order valence-electron chi connectivity index (χ3n) is 3.19. The minimum atomic E-state index is 0.416. The van der Waals surface area contributed by atoms with Gasteiger partial charge in [-0.2, -0.15) is 5.10 Å². The maximum Gasteiger partial charge on any atom is 0.132 e. The monoisotopic (exact) mass is 246 g/mol. The number of rotatable bonds is 4. The molecule has 0 spiro atoms. The Morgan fingerprint density at radius 2 is 2.20 bits per heavy atom. The quantitative estimate of drug-likeness (QED) is 0.740. The first-order valence-corrected chi connectivity index (χ1v) is 6.42. The summed E-state index contributed by atoms with van der Waals surface area (Å²) in [5.74, 6) is 1.22. The van der Waals surface area contributed by atoms with E-state index in [1.165, 1.54) is 12.8 Å². The molecular weight excluding hydrogens is 231 g/mol. The van der Waals surface area contributed by atoms with Crippen LogP contribution in [0.1, 0.15) is 44.0 Å². The van der Waals surface area contributed by atoms with Crippen LogP contribution in [0.4, 0.5) is 0 Å². The van der Waals surface area contributed by atoms with E-state index in [0.29, 0.717) is 11.9 Å². The number of nitrogens with zero attached hydrogens (tertiary/aromatic N) is 2. The van der Waals surface area contributed by atoms with Crippen LogP contribution in [0, 0.1) is 5.92 Å². The van der Waals surface area contributed by atoms with Crippen molar-refractivity contribution in [2.24, 2.45) is 5.92 Å². The van der Waals surface area contributed by atoms with Crippen LogP contribution in [-0.2, 0) is 12.3 Å². The fourth-order valence-electron chi connectivity index (χ4n) is 1.96. The molecule has 2 rings (SSSR count). The molecule has 1 fully saturated rings. The number of aromatic nitrogens is 2. The van der Waals surface area contributed by atoms with Gasteiger partial charge in [0, 0.05) is 5.56 Å². The molecule has 84 valence electrons. The van der Waals surface area contributed by atoms with Crippen LogP contribution >= 0.6 is 23.2 Å². The third-order valence-corrected chi connectivity index (χ3v) is 3.85. The highest BCUT2D eigenvalue weighted by Gasteiger charge is 2.31. The van der Waals surface area contributed by atoms with Gasteiger partial charge >= 0.3 is 0 Å². The van der Waals surface area contributed by atoms with E-state index in [9.17, 15) is 0 Å². The largest absolute Gasteiger partial charge is 0.250 e. The normalized spacial score (nSPS) is 18.1. The zero-order valence-corrected chi connectivity index (χ0v) is 10.6. The molecule has 0 radical (unpaired) electrons. The molecule has 0 aliphatic heterocycles. The average Bonchev–Trinajstić information content (AvgIpc) is 3.02. The highest BCUT2D eigenvalue weighted by Crippen LogP contribution is 2.41. The molecule has 0 bridgehead atoms. The van der Waals surface area contributed by atoms with Gasteiger partial charge in [-0.3, -0.25) is 4.68 Å².